The van der Waals surface area contributed by atoms with Gasteiger partial charge in [0, 0.05) is 30.6 Å². The van der Waals surface area contributed by atoms with Gasteiger partial charge in [-0.15, -0.1) is 13.2 Å². The lowest BCUT2D eigenvalue weighted by Crippen LogP contribution is -2.41. The van der Waals surface area contributed by atoms with Crippen LogP contribution in [0.2, 0.25) is 0 Å². The lowest BCUT2D eigenvalue weighted by molar-refractivity contribution is -0.274. The Hall–Kier alpha value is -3.84. The number of carbonyl (C=O) groups excluding carboxylic acids is 2. The number of urea groups is 1. The maximum Gasteiger partial charge on any atom is 0.573 e. The van der Waals surface area contributed by atoms with Crippen LogP contribution in [-0.2, 0) is 14.3 Å². The number of aliphatic carboxylic acids is 1. The first-order valence-corrected chi connectivity index (χ1v) is 12.8. The fourth-order valence-electron chi connectivity index (χ4n) is 4.95. The van der Waals surface area contributed by atoms with E-state index in [-0.39, 0.29) is 24.6 Å². The quantitative estimate of drug-likeness (QED) is 0.349. The van der Waals surface area contributed by atoms with Crippen molar-refractivity contribution in [3.05, 3.63) is 59.7 Å². The summed E-state index contributed by atoms with van der Waals surface area (Å²) < 4.78 is 52.8. The summed E-state index contributed by atoms with van der Waals surface area (Å²) in [5.74, 6) is -2.42. The molecule has 40 heavy (non-hydrogen) atoms. The van der Waals surface area contributed by atoms with Crippen LogP contribution in [0.15, 0.2) is 48.5 Å². The first-order chi connectivity index (χ1) is 19.0. The number of nitrogens with one attached hydrogen (secondary N) is 3. The van der Waals surface area contributed by atoms with Crippen molar-refractivity contribution in [2.24, 2.45) is 5.92 Å². The van der Waals surface area contributed by atoms with E-state index in [4.69, 9.17) is 14.6 Å². The van der Waals surface area contributed by atoms with Crippen molar-refractivity contribution in [3.63, 3.8) is 0 Å². The highest BCUT2D eigenvalue weighted by Crippen LogP contribution is 2.42. The number of anilines is 1. The molecule has 2 aliphatic rings. The zero-order valence-electron chi connectivity index (χ0n) is 21.5. The number of carboxylic acid groups (broad SMARTS) is 1. The van der Waals surface area contributed by atoms with Crippen LogP contribution in [-0.4, -0.2) is 54.9 Å². The van der Waals surface area contributed by atoms with Gasteiger partial charge in [-0.2, -0.15) is 0 Å². The van der Waals surface area contributed by atoms with Gasteiger partial charge < -0.3 is 35.3 Å². The molecular formula is C27H30F3N3O7. The summed E-state index contributed by atoms with van der Waals surface area (Å²) >= 11 is 0. The van der Waals surface area contributed by atoms with E-state index in [1.165, 1.54) is 12.1 Å². The fraction of sp³-hybridized carbons (Fsp3) is 0.444. The van der Waals surface area contributed by atoms with Gasteiger partial charge in [0.2, 0.25) is 0 Å². The van der Waals surface area contributed by atoms with Crippen molar-refractivity contribution >= 4 is 23.6 Å². The molecule has 2 fully saturated rings. The molecule has 1 aliphatic carbocycles. The first-order valence-electron chi connectivity index (χ1n) is 12.8. The zero-order valence-corrected chi connectivity index (χ0v) is 21.5. The standard InChI is InChI=1S/C27H30F3N3O7/c28-27(29,30)40-21-7-5-20(6-8-21)32-25(37)33-23(18-9-12-26(13-10-18)38-15-16-39-26)17-1-3-19(4-2-17)24(36)31-14-11-22(34)35/h1-8,18,23H,9-16H2,(H,31,36)(H,34,35)(H2,32,33,37). The Balaban J connectivity index is 1.44. The van der Waals surface area contributed by atoms with E-state index in [9.17, 15) is 27.6 Å². The van der Waals surface area contributed by atoms with E-state index in [0.717, 1.165) is 17.7 Å². The SMILES string of the molecule is O=C(O)CCNC(=O)c1ccc(C(NC(=O)Nc2ccc(OC(F)(F)F)cc2)C2CCC3(CC2)OCCO3)cc1. The molecule has 10 nitrogen and oxygen atoms in total. The molecule has 1 unspecified atom stereocenters. The van der Waals surface area contributed by atoms with Gasteiger partial charge in [0.1, 0.15) is 5.75 Å². The normalized spacial score (nSPS) is 17.7. The number of carbonyl (C=O) groups is 3. The number of rotatable bonds is 9. The van der Waals surface area contributed by atoms with Crippen LogP contribution in [0.5, 0.6) is 5.75 Å². The predicted octanol–water partition coefficient (Wildman–Crippen LogP) is 4.59. The lowest BCUT2D eigenvalue weighted by atomic mass is 9.78. The minimum Gasteiger partial charge on any atom is -0.481 e. The molecule has 216 valence electrons. The average molecular weight is 566 g/mol. The molecular weight excluding hydrogens is 535 g/mol. The summed E-state index contributed by atoms with van der Waals surface area (Å²) in [6, 6.07) is 10.5. The van der Waals surface area contributed by atoms with Crippen molar-refractivity contribution in [2.45, 2.75) is 50.3 Å². The number of benzene rings is 2. The summed E-state index contributed by atoms with van der Waals surface area (Å²) in [5, 5.41) is 16.9. The Labute approximate surface area is 228 Å². The molecule has 13 heteroatoms. The lowest BCUT2D eigenvalue weighted by Gasteiger charge is -2.39. The van der Waals surface area contributed by atoms with Crippen LogP contribution in [0.25, 0.3) is 0 Å². The van der Waals surface area contributed by atoms with Crippen LogP contribution in [0.4, 0.5) is 23.7 Å². The molecule has 4 rings (SSSR count). The molecule has 1 aliphatic heterocycles. The van der Waals surface area contributed by atoms with Gasteiger partial charge >= 0.3 is 18.4 Å². The fourth-order valence-corrected chi connectivity index (χ4v) is 4.95. The van der Waals surface area contributed by atoms with Crippen molar-refractivity contribution in [3.8, 4) is 5.75 Å². The number of halogens is 3. The second-order valence-corrected chi connectivity index (χ2v) is 9.61. The molecule has 2 aromatic rings. The summed E-state index contributed by atoms with van der Waals surface area (Å²) in [4.78, 5) is 36.0. The van der Waals surface area contributed by atoms with Crippen LogP contribution in [0.3, 0.4) is 0 Å². The molecule has 4 N–H and O–H groups in total. The molecule has 0 bridgehead atoms. The largest absolute Gasteiger partial charge is 0.573 e. The highest BCUT2D eigenvalue weighted by molar-refractivity contribution is 5.94. The van der Waals surface area contributed by atoms with Gasteiger partial charge in [-0.25, -0.2) is 4.79 Å². The number of hydrogen-bond donors (Lipinski definition) is 4. The van der Waals surface area contributed by atoms with Gasteiger partial charge in [0.05, 0.1) is 25.7 Å². The van der Waals surface area contributed by atoms with Gasteiger partial charge in [-0.3, -0.25) is 9.59 Å². The first kappa shape index (κ1) is 29.2. The monoisotopic (exact) mass is 565 g/mol. The van der Waals surface area contributed by atoms with Gasteiger partial charge in [0.25, 0.3) is 5.91 Å². The van der Waals surface area contributed by atoms with E-state index in [1.807, 2.05) is 0 Å². The summed E-state index contributed by atoms with van der Waals surface area (Å²) in [6.07, 6.45) is -2.30. The summed E-state index contributed by atoms with van der Waals surface area (Å²) in [5.41, 5.74) is 1.36. The van der Waals surface area contributed by atoms with Gasteiger partial charge in [-0.05, 0) is 60.7 Å². The van der Waals surface area contributed by atoms with Crippen LogP contribution in [0, 0.1) is 5.92 Å². The summed E-state index contributed by atoms with van der Waals surface area (Å²) in [7, 11) is 0. The predicted molar refractivity (Wildman–Crippen MR) is 136 cm³/mol. The Bertz CT molecular complexity index is 1170. The Morgan fingerprint density at radius 3 is 2.20 bits per heavy atom. The van der Waals surface area contributed by atoms with Crippen molar-refractivity contribution in [2.75, 3.05) is 25.1 Å². The molecule has 1 saturated carbocycles. The highest BCUT2D eigenvalue weighted by Gasteiger charge is 2.42. The highest BCUT2D eigenvalue weighted by atomic mass is 19.4. The van der Waals surface area contributed by atoms with Crippen LogP contribution in [0.1, 0.15) is 54.1 Å². The smallest absolute Gasteiger partial charge is 0.481 e. The third-order valence-electron chi connectivity index (χ3n) is 6.87. The minimum absolute atomic E-state index is 0.00243. The Morgan fingerprint density at radius 1 is 1.00 bits per heavy atom. The Morgan fingerprint density at radius 2 is 1.62 bits per heavy atom. The molecule has 1 spiro atoms. The third kappa shape index (κ3) is 8.09. The maximum atomic E-state index is 13.0. The zero-order chi connectivity index (χ0) is 28.8. The van der Waals surface area contributed by atoms with E-state index < -0.39 is 41.8 Å². The third-order valence-corrected chi connectivity index (χ3v) is 6.87. The average Bonchev–Trinajstić information content (AvgIpc) is 3.36. The van der Waals surface area contributed by atoms with E-state index in [2.05, 4.69) is 20.7 Å². The molecule has 0 radical (unpaired) electrons. The number of amides is 3. The number of hydrogen-bond acceptors (Lipinski definition) is 6. The van der Waals surface area contributed by atoms with Crippen LogP contribution >= 0.6 is 0 Å². The van der Waals surface area contributed by atoms with E-state index >= 15 is 0 Å². The molecule has 0 aromatic heterocycles. The molecule has 2 aromatic carbocycles. The van der Waals surface area contributed by atoms with E-state index in [0.29, 0.717) is 44.5 Å². The maximum absolute atomic E-state index is 13.0. The second kappa shape index (κ2) is 12.6. The molecule has 3 amide bonds. The van der Waals surface area contributed by atoms with Crippen LogP contribution < -0.4 is 20.7 Å². The second-order valence-electron chi connectivity index (χ2n) is 9.61. The van der Waals surface area contributed by atoms with Crippen molar-refractivity contribution in [1.29, 1.82) is 0 Å². The topological polar surface area (TPSA) is 135 Å². The molecule has 1 heterocycles. The Kier molecular flexibility index (Phi) is 9.15. The van der Waals surface area contributed by atoms with Crippen molar-refractivity contribution < 1.29 is 46.9 Å². The number of ether oxygens (including phenoxy) is 3. The van der Waals surface area contributed by atoms with Crippen molar-refractivity contribution in [1.82, 2.24) is 10.6 Å². The van der Waals surface area contributed by atoms with Gasteiger partial charge in [0.15, 0.2) is 5.79 Å². The summed E-state index contributed by atoms with van der Waals surface area (Å²) in [6.45, 7) is 1.08. The minimum atomic E-state index is -4.82. The molecule has 1 atom stereocenters. The number of alkyl halides is 3. The molecule has 1 saturated heterocycles. The van der Waals surface area contributed by atoms with Gasteiger partial charge in [-0.1, -0.05) is 12.1 Å². The number of carboxylic acids is 1. The van der Waals surface area contributed by atoms with E-state index in [1.54, 1.807) is 24.3 Å².